The van der Waals surface area contributed by atoms with Crippen LogP contribution in [0.5, 0.6) is 0 Å². The van der Waals surface area contributed by atoms with Gasteiger partial charge < -0.3 is 4.52 Å². The molecule has 7 heteroatoms. The average Bonchev–Trinajstić information content (AvgIpc) is 3.02. The van der Waals surface area contributed by atoms with Crippen LogP contribution in [0.3, 0.4) is 0 Å². The molecule has 0 aliphatic heterocycles. The topological polar surface area (TPSA) is 69.6 Å². The molecular formula is C13H12FN5O. The molecule has 0 spiro atoms. The van der Waals surface area contributed by atoms with Crippen LogP contribution < -0.4 is 0 Å². The smallest absolute Gasteiger partial charge is 0.204 e. The normalized spacial score (nSPS) is 10.9. The molecule has 0 fully saturated rings. The van der Waals surface area contributed by atoms with Gasteiger partial charge in [-0.2, -0.15) is 4.80 Å². The van der Waals surface area contributed by atoms with Gasteiger partial charge in [0.05, 0.1) is 12.2 Å². The highest BCUT2D eigenvalue weighted by molar-refractivity contribution is 5.53. The van der Waals surface area contributed by atoms with Gasteiger partial charge in [0, 0.05) is 11.1 Å². The van der Waals surface area contributed by atoms with Crippen LogP contribution >= 0.6 is 0 Å². The average molecular weight is 273 g/mol. The summed E-state index contributed by atoms with van der Waals surface area (Å²) in [4.78, 5) is 1.46. The summed E-state index contributed by atoms with van der Waals surface area (Å²) in [5, 5.41) is 16.1. The minimum Gasteiger partial charge on any atom is -0.361 e. The fourth-order valence-corrected chi connectivity index (χ4v) is 1.89. The van der Waals surface area contributed by atoms with Crippen molar-refractivity contribution in [1.29, 1.82) is 0 Å². The predicted molar refractivity (Wildman–Crippen MR) is 68.3 cm³/mol. The zero-order valence-corrected chi connectivity index (χ0v) is 11.0. The largest absolute Gasteiger partial charge is 0.361 e. The van der Waals surface area contributed by atoms with Crippen molar-refractivity contribution in [3.8, 4) is 11.4 Å². The van der Waals surface area contributed by atoms with Gasteiger partial charge in [-0.25, -0.2) is 4.39 Å². The third kappa shape index (κ3) is 2.29. The van der Waals surface area contributed by atoms with Crippen molar-refractivity contribution in [2.24, 2.45) is 0 Å². The zero-order valence-electron chi connectivity index (χ0n) is 11.0. The number of nitrogens with zero attached hydrogens (tertiary/aromatic N) is 5. The number of halogens is 1. The van der Waals surface area contributed by atoms with E-state index in [9.17, 15) is 4.39 Å². The van der Waals surface area contributed by atoms with Crippen molar-refractivity contribution < 1.29 is 8.91 Å². The van der Waals surface area contributed by atoms with E-state index in [-0.39, 0.29) is 5.82 Å². The second-order valence-electron chi connectivity index (χ2n) is 4.45. The number of hydrogen-bond donors (Lipinski definition) is 0. The van der Waals surface area contributed by atoms with Crippen LogP contribution in [0.1, 0.15) is 17.0 Å². The van der Waals surface area contributed by atoms with Gasteiger partial charge >= 0.3 is 0 Å². The molecule has 2 heterocycles. The number of benzene rings is 1. The Hall–Kier alpha value is -2.57. The van der Waals surface area contributed by atoms with Crippen molar-refractivity contribution >= 4 is 0 Å². The van der Waals surface area contributed by atoms with E-state index in [4.69, 9.17) is 4.52 Å². The number of aryl methyl sites for hydroxylation is 2. The molecule has 2 aromatic heterocycles. The van der Waals surface area contributed by atoms with Crippen LogP contribution in [0.4, 0.5) is 4.39 Å². The summed E-state index contributed by atoms with van der Waals surface area (Å²) in [7, 11) is 0. The first-order valence-electron chi connectivity index (χ1n) is 6.09. The molecule has 0 atom stereocenters. The number of hydrogen-bond acceptors (Lipinski definition) is 5. The van der Waals surface area contributed by atoms with E-state index in [0.717, 1.165) is 22.6 Å². The molecule has 0 saturated heterocycles. The molecule has 102 valence electrons. The summed E-state index contributed by atoms with van der Waals surface area (Å²) < 4.78 is 18.0. The molecular weight excluding hydrogens is 261 g/mol. The fourth-order valence-electron chi connectivity index (χ4n) is 1.89. The van der Waals surface area contributed by atoms with Crippen molar-refractivity contribution in [3.05, 3.63) is 47.1 Å². The summed E-state index contributed by atoms with van der Waals surface area (Å²) in [5.74, 6) is 0.900. The Bertz CT molecular complexity index is 712. The van der Waals surface area contributed by atoms with E-state index < -0.39 is 0 Å². The van der Waals surface area contributed by atoms with Gasteiger partial charge in [0.2, 0.25) is 5.82 Å². The second kappa shape index (κ2) is 4.84. The highest BCUT2D eigenvalue weighted by Gasteiger charge is 2.12. The maximum atomic E-state index is 12.9. The van der Waals surface area contributed by atoms with E-state index in [1.165, 1.54) is 16.9 Å². The van der Waals surface area contributed by atoms with Crippen molar-refractivity contribution in [3.63, 3.8) is 0 Å². The molecule has 0 aliphatic rings. The Morgan fingerprint density at radius 2 is 1.95 bits per heavy atom. The van der Waals surface area contributed by atoms with Gasteiger partial charge in [0.15, 0.2) is 0 Å². The first-order valence-corrected chi connectivity index (χ1v) is 6.09. The highest BCUT2D eigenvalue weighted by atomic mass is 19.1. The molecule has 0 amide bonds. The standard InChI is InChI=1S/C13H12FN5O/c1-8-12(9(2)20-17-8)7-19-16-13(15-18-19)10-3-5-11(14)6-4-10/h3-6H,7H2,1-2H3. The Morgan fingerprint density at radius 3 is 2.60 bits per heavy atom. The summed E-state index contributed by atoms with van der Waals surface area (Å²) >= 11 is 0. The van der Waals surface area contributed by atoms with Crippen LogP contribution in [0, 0.1) is 19.7 Å². The Morgan fingerprint density at radius 1 is 1.20 bits per heavy atom. The molecule has 0 bridgehead atoms. The minimum atomic E-state index is -0.295. The predicted octanol–water partition coefficient (Wildman–Crippen LogP) is 2.13. The Labute approximate surface area is 114 Å². The fraction of sp³-hybridized carbons (Fsp3) is 0.231. The third-order valence-corrected chi connectivity index (χ3v) is 3.04. The summed E-state index contributed by atoms with van der Waals surface area (Å²) in [5.41, 5.74) is 2.47. The zero-order chi connectivity index (χ0) is 14.1. The Kier molecular flexibility index (Phi) is 3.02. The number of tetrazole rings is 1. The maximum absolute atomic E-state index is 12.9. The van der Waals surface area contributed by atoms with E-state index in [0.29, 0.717) is 12.4 Å². The monoisotopic (exact) mass is 273 g/mol. The molecule has 0 radical (unpaired) electrons. The molecule has 1 aromatic carbocycles. The van der Waals surface area contributed by atoms with Crippen LogP contribution in [-0.4, -0.2) is 25.4 Å². The molecule has 20 heavy (non-hydrogen) atoms. The van der Waals surface area contributed by atoms with Crippen LogP contribution in [0.15, 0.2) is 28.8 Å². The molecule has 0 aliphatic carbocycles. The van der Waals surface area contributed by atoms with Crippen molar-refractivity contribution in [2.45, 2.75) is 20.4 Å². The lowest BCUT2D eigenvalue weighted by Gasteiger charge is -1.97. The molecule has 0 N–H and O–H groups in total. The van der Waals surface area contributed by atoms with Crippen molar-refractivity contribution in [2.75, 3.05) is 0 Å². The molecule has 0 unspecified atom stereocenters. The van der Waals surface area contributed by atoms with Gasteiger partial charge in [0.1, 0.15) is 11.6 Å². The van der Waals surface area contributed by atoms with Gasteiger partial charge in [-0.1, -0.05) is 5.16 Å². The summed E-state index contributed by atoms with van der Waals surface area (Å²) in [6.45, 7) is 4.14. The quantitative estimate of drug-likeness (QED) is 0.731. The van der Waals surface area contributed by atoms with Gasteiger partial charge in [0.25, 0.3) is 0 Å². The molecule has 6 nitrogen and oxygen atoms in total. The van der Waals surface area contributed by atoms with Gasteiger partial charge in [-0.15, -0.1) is 10.2 Å². The molecule has 3 aromatic rings. The number of aromatic nitrogens is 5. The van der Waals surface area contributed by atoms with Gasteiger partial charge in [-0.05, 0) is 43.3 Å². The highest BCUT2D eigenvalue weighted by Crippen LogP contribution is 2.16. The van der Waals surface area contributed by atoms with Gasteiger partial charge in [-0.3, -0.25) is 0 Å². The lowest BCUT2D eigenvalue weighted by Crippen LogP contribution is -2.05. The first-order chi connectivity index (χ1) is 9.63. The van der Waals surface area contributed by atoms with Crippen LogP contribution in [0.2, 0.25) is 0 Å². The lowest BCUT2D eigenvalue weighted by molar-refractivity contribution is 0.391. The summed E-state index contributed by atoms with van der Waals surface area (Å²) in [6.07, 6.45) is 0. The first kappa shape index (κ1) is 12.5. The van der Waals surface area contributed by atoms with E-state index in [2.05, 4.69) is 20.6 Å². The number of rotatable bonds is 3. The van der Waals surface area contributed by atoms with Crippen molar-refractivity contribution in [1.82, 2.24) is 25.4 Å². The summed E-state index contributed by atoms with van der Waals surface area (Å²) in [6, 6.07) is 5.97. The molecule has 0 saturated carbocycles. The lowest BCUT2D eigenvalue weighted by atomic mass is 10.2. The minimum absolute atomic E-state index is 0.295. The SMILES string of the molecule is Cc1noc(C)c1Cn1nnc(-c2ccc(F)cc2)n1. The van der Waals surface area contributed by atoms with E-state index >= 15 is 0 Å². The second-order valence-corrected chi connectivity index (χ2v) is 4.45. The molecule has 3 rings (SSSR count). The Balaban J connectivity index is 1.85. The van der Waals surface area contributed by atoms with Crippen LogP contribution in [-0.2, 0) is 6.54 Å². The van der Waals surface area contributed by atoms with E-state index in [1.54, 1.807) is 12.1 Å². The van der Waals surface area contributed by atoms with E-state index in [1.807, 2.05) is 13.8 Å². The van der Waals surface area contributed by atoms with Crippen LogP contribution in [0.25, 0.3) is 11.4 Å². The maximum Gasteiger partial charge on any atom is 0.204 e. The third-order valence-electron chi connectivity index (χ3n) is 3.04.